The van der Waals surface area contributed by atoms with Crippen LogP contribution in [0.5, 0.6) is 0 Å². The van der Waals surface area contributed by atoms with Crippen LogP contribution in [-0.4, -0.2) is 15.7 Å². The number of nitrogens with zero attached hydrogens (tertiary/aromatic N) is 2. The number of fused-ring (bicyclic) bond motifs is 1. The highest BCUT2D eigenvalue weighted by molar-refractivity contribution is 6.36. The molecule has 0 atom stereocenters. The normalized spacial score (nSPS) is 12.8. The summed E-state index contributed by atoms with van der Waals surface area (Å²) in [6, 6.07) is 77.2. The van der Waals surface area contributed by atoms with Crippen LogP contribution in [-0.2, 0) is 0 Å². The Hall–Kier alpha value is -8.21. The molecule has 0 fully saturated rings. The molecule has 4 heteroatoms. The SMILES string of the molecule is N=C(/C(=C1\NC(c2ccccc2)=Cc2cc(-c3cc(-c4ccc(-c5ccccc5)cc4)nc(-c4ccc(-c5ccccc5)cc4)n3)ccc21)c1ccccc1)c1ccccc1. The quantitative estimate of drug-likeness (QED) is 0.143. The van der Waals surface area contributed by atoms with E-state index in [-0.39, 0.29) is 0 Å². The van der Waals surface area contributed by atoms with Gasteiger partial charge < -0.3 is 5.32 Å². The fourth-order valence-electron chi connectivity index (χ4n) is 7.98. The van der Waals surface area contributed by atoms with Gasteiger partial charge in [0.25, 0.3) is 0 Å². The van der Waals surface area contributed by atoms with Gasteiger partial charge in [0, 0.05) is 39.1 Å². The Kier molecular flexibility index (Phi) is 10.1. The van der Waals surface area contributed by atoms with Gasteiger partial charge in [0.1, 0.15) is 0 Å². The first-order valence-electron chi connectivity index (χ1n) is 20.5. The van der Waals surface area contributed by atoms with E-state index < -0.39 is 0 Å². The van der Waals surface area contributed by atoms with Gasteiger partial charge in [-0.15, -0.1) is 0 Å². The molecule has 4 nitrogen and oxygen atoms in total. The van der Waals surface area contributed by atoms with Gasteiger partial charge >= 0.3 is 0 Å². The molecule has 0 spiro atoms. The lowest BCUT2D eigenvalue weighted by Gasteiger charge is -2.26. The van der Waals surface area contributed by atoms with Crippen LogP contribution < -0.4 is 5.32 Å². The van der Waals surface area contributed by atoms with Crippen molar-refractivity contribution in [2.45, 2.75) is 0 Å². The number of rotatable bonds is 9. The van der Waals surface area contributed by atoms with Gasteiger partial charge in [-0.05, 0) is 57.2 Å². The van der Waals surface area contributed by atoms with Gasteiger partial charge in [-0.3, -0.25) is 5.41 Å². The molecule has 0 saturated carbocycles. The Morgan fingerprint density at radius 1 is 0.377 bits per heavy atom. The van der Waals surface area contributed by atoms with E-state index in [0.717, 1.165) is 89.6 Å². The molecule has 1 aliphatic heterocycles. The van der Waals surface area contributed by atoms with Gasteiger partial charge in [-0.25, -0.2) is 9.97 Å². The molecule has 10 rings (SSSR count). The largest absolute Gasteiger partial charge is 0.354 e. The highest BCUT2D eigenvalue weighted by Crippen LogP contribution is 2.39. The minimum absolute atomic E-state index is 0.445. The van der Waals surface area contributed by atoms with Crippen LogP contribution in [0.2, 0.25) is 0 Å². The first kappa shape index (κ1) is 37.1. The number of nitrogens with one attached hydrogen (secondary N) is 2. The molecule has 0 unspecified atom stereocenters. The molecule has 1 aromatic heterocycles. The summed E-state index contributed by atoms with van der Waals surface area (Å²) in [6.07, 6.45) is 2.21. The molecule has 61 heavy (non-hydrogen) atoms. The van der Waals surface area contributed by atoms with Gasteiger partial charge in [0.05, 0.1) is 22.8 Å². The second-order valence-electron chi connectivity index (χ2n) is 15.1. The van der Waals surface area contributed by atoms with E-state index in [0.29, 0.717) is 11.5 Å². The van der Waals surface area contributed by atoms with Gasteiger partial charge in [0.2, 0.25) is 0 Å². The third kappa shape index (κ3) is 7.74. The van der Waals surface area contributed by atoms with Crippen molar-refractivity contribution < 1.29 is 0 Å². The van der Waals surface area contributed by atoms with E-state index in [1.165, 1.54) is 5.56 Å². The van der Waals surface area contributed by atoms with Crippen LogP contribution in [0.1, 0.15) is 27.8 Å². The van der Waals surface area contributed by atoms with Crippen molar-refractivity contribution in [2.75, 3.05) is 0 Å². The van der Waals surface area contributed by atoms with Crippen molar-refractivity contribution >= 4 is 28.8 Å². The third-order valence-electron chi connectivity index (χ3n) is 11.2. The summed E-state index contributed by atoms with van der Waals surface area (Å²) >= 11 is 0. The van der Waals surface area contributed by atoms with E-state index >= 15 is 0 Å². The summed E-state index contributed by atoms with van der Waals surface area (Å²) in [6.45, 7) is 0. The average Bonchev–Trinajstić information content (AvgIpc) is 3.35. The van der Waals surface area contributed by atoms with Crippen LogP contribution in [0, 0.1) is 5.41 Å². The van der Waals surface area contributed by atoms with Crippen molar-refractivity contribution in [1.29, 1.82) is 5.41 Å². The minimum Gasteiger partial charge on any atom is -0.354 e. The predicted octanol–water partition coefficient (Wildman–Crippen LogP) is 13.8. The maximum Gasteiger partial charge on any atom is 0.160 e. The molecule has 0 bridgehead atoms. The predicted molar refractivity (Wildman–Crippen MR) is 253 cm³/mol. The van der Waals surface area contributed by atoms with Crippen molar-refractivity contribution in [1.82, 2.24) is 15.3 Å². The first-order valence-corrected chi connectivity index (χ1v) is 20.5. The second-order valence-corrected chi connectivity index (χ2v) is 15.1. The molecule has 0 amide bonds. The number of hydrogen-bond donors (Lipinski definition) is 2. The van der Waals surface area contributed by atoms with E-state index in [2.05, 4.69) is 169 Å². The zero-order chi connectivity index (χ0) is 41.0. The van der Waals surface area contributed by atoms with Crippen LogP contribution in [0.4, 0.5) is 0 Å². The van der Waals surface area contributed by atoms with Crippen molar-refractivity contribution in [3.05, 3.63) is 252 Å². The number of aromatic nitrogens is 2. The smallest absolute Gasteiger partial charge is 0.160 e. The molecule has 1 aliphatic rings. The standard InChI is InChI=1S/C57H40N4/c58-55(46-24-14-5-15-25-46)54(45-22-12-4-13-23-45)56-50-35-34-48(36-49(50)37-51(59-56)43-20-10-3-11-21-43)53-38-52(44-30-26-41(27-31-44)39-16-6-1-7-17-39)60-57(61-53)47-32-28-42(29-33-47)40-18-8-2-9-19-40/h1-38,58-59H/b56-54-,58-55?. The molecular weight excluding hydrogens is 741 g/mol. The van der Waals surface area contributed by atoms with Gasteiger partial charge in [0.15, 0.2) is 5.82 Å². The first-order chi connectivity index (χ1) is 30.1. The van der Waals surface area contributed by atoms with E-state index in [1.807, 2.05) is 66.7 Å². The Labute approximate surface area is 356 Å². The molecule has 0 saturated heterocycles. The molecule has 9 aromatic rings. The summed E-state index contributed by atoms with van der Waals surface area (Å²) in [5, 5.41) is 13.5. The zero-order valence-corrected chi connectivity index (χ0v) is 33.3. The minimum atomic E-state index is 0.445. The van der Waals surface area contributed by atoms with Crippen LogP contribution >= 0.6 is 0 Å². The second kappa shape index (κ2) is 16.6. The summed E-state index contributed by atoms with van der Waals surface area (Å²) in [5.41, 5.74) is 17.2. The molecule has 0 aliphatic carbocycles. The lowest BCUT2D eigenvalue weighted by atomic mass is 9.87. The number of benzene rings is 8. The molecule has 2 heterocycles. The Bertz CT molecular complexity index is 2950. The van der Waals surface area contributed by atoms with Gasteiger partial charge in [-0.1, -0.05) is 212 Å². The van der Waals surface area contributed by atoms with E-state index in [1.54, 1.807) is 0 Å². The summed E-state index contributed by atoms with van der Waals surface area (Å²) < 4.78 is 0. The summed E-state index contributed by atoms with van der Waals surface area (Å²) in [4.78, 5) is 10.5. The van der Waals surface area contributed by atoms with E-state index in [4.69, 9.17) is 9.97 Å². The third-order valence-corrected chi connectivity index (χ3v) is 11.2. The number of allylic oxidation sites excluding steroid dienone is 1. The molecule has 0 radical (unpaired) electrons. The summed E-state index contributed by atoms with van der Waals surface area (Å²) in [5.74, 6) is 0.655. The van der Waals surface area contributed by atoms with Crippen molar-refractivity contribution in [3.8, 4) is 56.2 Å². The van der Waals surface area contributed by atoms with Crippen molar-refractivity contribution in [2.24, 2.45) is 0 Å². The number of hydrogen-bond acceptors (Lipinski definition) is 4. The fraction of sp³-hybridized carbons (Fsp3) is 0. The van der Waals surface area contributed by atoms with Crippen LogP contribution in [0.25, 0.3) is 79.2 Å². The Balaban J connectivity index is 1.13. The highest BCUT2D eigenvalue weighted by atomic mass is 14.9. The topological polar surface area (TPSA) is 61.7 Å². The molecule has 8 aromatic carbocycles. The van der Waals surface area contributed by atoms with Crippen LogP contribution in [0.3, 0.4) is 0 Å². The lowest BCUT2D eigenvalue weighted by Crippen LogP contribution is -2.20. The van der Waals surface area contributed by atoms with Gasteiger partial charge in [-0.2, -0.15) is 0 Å². The lowest BCUT2D eigenvalue weighted by molar-refractivity contribution is 1.18. The fourth-order valence-corrected chi connectivity index (χ4v) is 7.98. The monoisotopic (exact) mass is 780 g/mol. The molecule has 288 valence electrons. The Morgan fingerprint density at radius 3 is 1.36 bits per heavy atom. The maximum atomic E-state index is 9.65. The van der Waals surface area contributed by atoms with Crippen molar-refractivity contribution in [3.63, 3.8) is 0 Å². The summed E-state index contributed by atoms with van der Waals surface area (Å²) in [7, 11) is 0. The molecule has 2 N–H and O–H groups in total. The highest BCUT2D eigenvalue weighted by Gasteiger charge is 2.24. The average molecular weight is 781 g/mol. The van der Waals surface area contributed by atoms with Crippen LogP contribution in [0.15, 0.2) is 224 Å². The maximum absolute atomic E-state index is 9.65. The van der Waals surface area contributed by atoms with E-state index in [9.17, 15) is 5.41 Å². The zero-order valence-electron chi connectivity index (χ0n) is 33.3. The Morgan fingerprint density at radius 2 is 0.803 bits per heavy atom. The molecular formula is C57H40N4.